The van der Waals surface area contributed by atoms with Gasteiger partial charge in [-0.15, -0.1) is 0 Å². The van der Waals surface area contributed by atoms with Crippen molar-refractivity contribution in [2.24, 2.45) is 0 Å². The number of nitrogens with zero attached hydrogens (tertiary/aromatic N) is 4. The molecule has 1 aromatic rings. The summed E-state index contributed by atoms with van der Waals surface area (Å²) in [5.41, 5.74) is 0. The molecule has 2 radical (unpaired) electrons. The van der Waals surface area contributed by atoms with E-state index in [1.165, 1.54) is 0 Å². The fourth-order valence-corrected chi connectivity index (χ4v) is 0.946. The molecule has 0 bridgehead atoms. The van der Waals surface area contributed by atoms with Gasteiger partial charge in [0.2, 0.25) is 6.67 Å². The van der Waals surface area contributed by atoms with Gasteiger partial charge in [-0.3, -0.25) is 9.88 Å². The molecule has 12 heavy (non-hydrogen) atoms. The summed E-state index contributed by atoms with van der Waals surface area (Å²) < 4.78 is 0. The third kappa shape index (κ3) is 1.23. The molecule has 4 heteroatoms. The highest BCUT2D eigenvalue weighted by Gasteiger charge is 2.13. The van der Waals surface area contributed by atoms with Crippen molar-refractivity contribution in [3.63, 3.8) is 0 Å². The summed E-state index contributed by atoms with van der Waals surface area (Å²) in [6.07, 6.45) is 8.77. The van der Waals surface area contributed by atoms with Gasteiger partial charge < -0.3 is 4.90 Å². The highest BCUT2D eigenvalue weighted by atomic mass is 15.3. The van der Waals surface area contributed by atoms with Crippen molar-refractivity contribution in [1.82, 2.24) is 14.9 Å². The molecule has 0 aromatic carbocycles. The van der Waals surface area contributed by atoms with Gasteiger partial charge in [0.05, 0.1) is 6.20 Å². The average molecular weight is 160 g/mol. The summed E-state index contributed by atoms with van der Waals surface area (Å²) in [6, 6.07) is 0. The minimum atomic E-state index is 0.776. The van der Waals surface area contributed by atoms with Crippen LogP contribution in [0.1, 0.15) is 0 Å². The number of hydrogen-bond acceptors (Lipinski definition) is 4. The van der Waals surface area contributed by atoms with E-state index in [1.54, 1.807) is 23.5 Å². The largest absolute Gasteiger partial charge is 0.349 e. The van der Waals surface area contributed by atoms with Crippen LogP contribution in [0.5, 0.6) is 0 Å². The fourth-order valence-electron chi connectivity index (χ4n) is 0.946. The van der Waals surface area contributed by atoms with Gasteiger partial charge in [-0.05, 0) is 0 Å². The van der Waals surface area contributed by atoms with Gasteiger partial charge in [-0.25, -0.2) is 4.98 Å². The van der Waals surface area contributed by atoms with E-state index in [9.17, 15) is 0 Å². The van der Waals surface area contributed by atoms with Crippen LogP contribution in [0.15, 0.2) is 31.0 Å². The number of anilines is 1. The summed E-state index contributed by atoms with van der Waals surface area (Å²) in [6.45, 7) is 3.02. The summed E-state index contributed by atoms with van der Waals surface area (Å²) in [5.74, 6) is 0.776. The molecule has 0 aliphatic carbocycles. The summed E-state index contributed by atoms with van der Waals surface area (Å²) >= 11 is 0. The Morgan fingerprint density at radius 3 is 2.83 bits per heavy atom. The van der Waals surface area contributed by atoms with E-state index in [4.69, 9.17) is 0 Å². The summed E-state index contributed by atoms with van der Waals surface area (Å²) in [7, 11) is 1.91. The zero-order valence-corrected chi connectivity index (χ0v) is 6.68. The Balaban J connectivity index is 2.18. The smallest absolute Gasteiger partial charge is 0.213 e. The standard InChI is InChI=1S/C8H8N4/c1-11-4-5-12(7-11)8-6-9-2-3-10-8/h2-6H,1H3. The number of hydrogen-bond donors (Lipinski definition) is 0. The zero-order chi connectivity index (χ0) is 8.39. The van der Waals surface area contributed by atoms with Crippen molar-refractivity contribution in [2.45, 2.75) is 0 Å². The summed E-state index contributed by atoms with van der Waals surface area (Å²) in [5, 5.41) is 0. The van der Waals surface area contributed by atoms with E-state index in [-0.39, 0.29) is 0 Å². The molecule has 2 heterocycles. The molecule has 0 atom stereocenters. The first-order chi connectivity index (χ1) is 5.86. The van der Waals surface area contributed by atoms with E-state index < -0.39 is 0 Å². The summed E-state index contributed by atoms with van der Waals surface area (Å²) in [4.78, 5) is 11.7. The molecule has 0 fully saturated rings. The number of aromatic nitrogens is 2. The Labute approximate surface area is 71.2 Å². The van der Waals surface area contributed by atoms with Crippen LogP contribution in [0.3, 0.4) is 0 Å². The molecular weight excluding hydrogens is 152 g/mol. The van der Waals surface area contributed by atoms with Crippen molar-refractivity contribution >= 4 is 5.82 Å². The van der Waals surface area contributed by atoms with Gasteiger partial charge in [0.25, 0.3) is 0 Å². The minimum absolute atomic E-state index is 0.776. The third-order valence-electron chi connectivity index (χ3n) is 1.50. The van der Waals surface area contributed by atoms with Gasteiger partial charge in [-0.1, -0.05) is 0 Å². The van der Waals surface area contributed by atoms with Gasteiger partial charge in [0.1, 0.15) is 0 Å². The van der Waals surface area contributed by atoms with Gasteiger partial charge >= 0.3 is 0 Å². The Bertz CT molecular complexity index is 282. The SMILES string of the molecule is CN1[C]N(c2cnccn2)C=C1. The number of rotatable bonds is 1. The maximum Gasteiger partial charge on any atom is 0.213 e. The van der Waals surface area contributed by atoms with E-state index in [0.29, 0.717) is 0 Å². The van der Waals surface area contributed by atoms with E-state index in [1.807, 2.05) is 24.3 Å². The normalized spacial score (nSPS) is 15.8. The second-order valence-electron chi connectivity index (χ2n) is 2.44. The monoisotopic (exact) mass is 160 g/mol. The Morgan fingerprint density at radius 1 is 1.33 bits per heavy atom. The van der Waals surface area contributed by atoms with Gasteiger partial charge in [-0.2, -0.15) is 0 Å². The van der Waals surface area contributed by atoms with Crippen molar-refractivity contribution in [2.75, 3.05) is 11.9 Å². The van der Waals surface area contributed by atoms with Crippen molar-refractivity contribution in [3.05, 3.63) is 37.7 Å². The molecule has 1 aliphatic rings. The molecule has 0 saturated carbocycles. The molecule has 0 unspecified atom stereocenters. The van der Waals surface area contributed by atoms with E-state index in [2.05, 4.69) is 16.6 Å². The van der Waals surface area contributed by atoms with Crippen LogP contribution in [0.4, 0.5) is 5.82 Å². The molecular formula is C8H8N4. The van der Waals surface area contributed by atoms with Gasteiger partial charge in [0.15, 0.2) is 5.82 Å². The zero-order valence-electron chi connectivity index (χ0n) is 6.68. The second kappa shape index (κ2) is 2.81. The van der Waals surface area contributed by atoms with E-state index >= 15 is 0 Å². The molecule has 0 amide bonds. The van der Waals surface area contributed by atoms with Crippen molar-refractivity contribution < 1.29 is 0 Å². The van der Waals surface area contributed by atoms with E-state index in [0.717, 1.165) is 5.82 Å². The fraction of sp³-hybridized carbons (Fsp3) is 0.125. The Kier molecular flexibility index (Phi) is 1.66. The lowest BCUT2D eigenvalue weighted by atomic mass is 10.6. The van der Waals surface area contributed by atoms with Crippen molar-refractivity contribution in [1.29, 1.82) is 0 Å². The van der Waals surface area contributed by atoms with Crippen LogP contribution in [-0.2, 0) is 0 Å². The molecule has 2 rings (SSSR count). The van der Waals surface area contributed by atoms with Crippen LogP contribution >= 0.6 is 0 Å². The predicted octanol–water partition coefficient (Wildman–Crippen LogP) is 0.696. The Hall–Kier alpha value is -1.58. The first kappa shape index (κ1) is 7.09. The van der Waals surface area contributed by atoms with Crippen LogP contribution < -0.4 is 4.90 Å². The molecule has 0 saturated heterocycles. The van der Waals surface area contributed by atoms with Crippen LogP contribution in [0, 0.1) is 6.67 Å². The predicted molar refractivity (Wildman–Crippen MR) is 44.7 cm³/mol. The molecule has 60 valence electrons. The quantitative estimate of drug-likeness (QED) is 0.605. The average Bonchev–Trinajstić information content (AvgIpc) is 2.54. The Morgan fingerprint density at radius 2 is 2.25 bits per heavy atom. The highest BCUT2D eigenvalue weighted by Crippen LogP contribution is 2.16. The molecule has 1 aromatic heterocycles. The highest BCUT2D eigenvalue weighted by molar-refractivity contribution is 5.43. The van der Waals surface area contributed by atoms with Crippen LogP contribution in [-0.4, -0.2) is 21.9 Å². The van der Waals surface area contributed by atoms with Crippen LogP contribution in [0.25, 0.3) is 0 Å². The second-order valence-corrected chi connectivity index (χ2v) is 2.44. The van der Waals surface area contributed by atoms with Crippen LogP contribution in [0.2, 0.25) is 0 Å². The minimum Gasteiger partial charge on any atom is -0.349 e. The molecule has 0 N–H and O–H groups in total. The van der Waals surface area contributed by atoms with Gasteiger partial charge in [0, 0.05) is 31.8 Å². The molecule has 4 nitrogen and oxygen atoms in total. The van der Waals surface area contributed by atoms with Crippen molar-refractivity contribution in [3.8, 4) is 0 Å². The first-order valence-corrected chi connectivity index (χ1v) is 3.59. The lowest BCUT2D eigenvalue weighted by molar-refractivity contribution is 0.573. The first-order valence-electron chi connectivity index (χ1n) is 3.59. The molecule has 0 spiro atoms. The maximum absolute atomic E-state index is 4.12. The molecule has 1 aliphatic heterocycles. The topological polar surface area (TPSA) is 32.3 Å². The maximum atomic E-state index is 4.12. The lowest BCUT2D eigenvalue weighted by Gasteiger charge is -2.13. The third-order valence-corrected chi connectivity index (χ3v) is 1.50. The lowest BCUT2D eigenvalue weighted by Crippen LogP contribution is -2.16.